The maximum absolute atomic E-state index is 15.7. The van der Waals surface area contributed by atoms with E-state index in [9.17, 15) is 15.5 Å². The Labute approximate surface area is 401 Å². The van der Waals surface area contributed by atoms with Crippen molar-refractivity contribution in [3.8, 4) is 23.3 Å². The van der Waals surface area contributed by atoms with E-state index in [1.54, 1.807) is 30.3 Å². The lowest BCUT2D eigenvalue weighted by Gasteiger charge is -2.60. The molecule has 10 nitrogen and oxygen atoms in total. The number of rotatable bonds is 18. The molecule has 354 valence electrons. The Hall–Kier alpha value is -6.25. The first-order chi connectivity index (χ1) is 32.9. The van der Waals surface area contributed by atoms with Gasteiger partial charge in [0.05, 0.1) is 29.9 Å². The summed E-state index contributed by atoms with van der Waals surface area (Å²) >= 11 is 0. The smallest absolute Gasteiger partial charge is 0.254 e. The van der Waals surface area contributed by atoms with Crippen molar-refractivity contribution in [1.82, 2.24) is 4.90 Å². The molecule has 3 aliphatic rings. The Kier molecular flexibility index (Phi) is 14.9. The number of hydrogen-bond acceptors (Lipinski definition) is 9. The monoisotopic (exact) mass is 915 g/mol. The second-order valence-electron chi connectivity index (χ2n) is 19.6. The van der Waals surface area contributed by atoms with Crippen molar-refractivity contribution in [2.75, 3.05) is 19.8 Å². The van der Waals surface area contributed by atoms with Gasteiger partial charge in [-0.2, -0.15) is 5.26 Å². The molecule has 1 heterocycles. The van der Waals surface area contributed by atoms with Crippen LogP contribution in [-0.4, -0.2) is 64.0 Å². The van der Waals surface area contributed by atoms with Gasteiger partial charge in [-0.3, -0.25) is 4.79 Å². The minimum absolute atomic E-state index is 0.0319. The first-order valence-corrected chi connectivity index (χ1v) is 24.2. The van der Waals surface area contributed by atoms with Gasteiger partial charge in [0.2, 0.25) is 5.79 Å². The number of carbonyl (C=O) groups is 1. The highest BCUT2D eigenvalue weighted by Crippen LogP contribution is 2.62. The number of allylic oxidation sites excluding steroid dienone is 1. The van der Waals surface area contributed by atoms with Crippen LogP contribution in [0.2, 0.25) is 0 Å². The van der Waals surface area contributed by atoms with Gasteiger partial charge in [0.25, 0.3) is 5.91 Å². The van der Waals surface area contributed by atoms with Crippen LogP contribution >= 0.6 is 0 Å². The normalized spacial score (nSPS) is 22.3. The molecular formula is C58H65N3O7. The van der Waals surface area contributed by atoms with Crippen molar-refractivity contribution in [3.05, 3.63) is 161 Å². The van der Waals surface area contributed by atoms with Crippen LogP contribution in [0.5, 0.6) is 17.2 Å². The van der Waals surface area contributed by atoms with E-state index >= 15 is 4.79 Å². The molecular weight excluding hydrogens is 851 g/mol. The number of fused-ring (bicyclic) bond motifs is 3. The lowest BCUT2D eigenvalue weighted by molar-refractivity contribution is -0.255. The number of benzene rings is 5. The molecule has 1 amide bonds. The highest BCUT2D eigenvalue weighted by Gasteiger charge is 2.65. The number of carbonyl (C=O) groups excluding carboxylic acids is 1. The lowest BCUT2D eigenvalue weighted by atomic mass is 9.55. The summed E-state index contributed by atoms with van der Waals surface area (Å²) in [4.78, 5) is 23.9. The molecule has 0 bridgehead atoms. The van der Waals surface area contributed by atoms with Gasteiger partial charge in [0.1, 0.15) is 28.9 Å². The standard InChI is InChI=1S/C58H65N3O7/c1-7-31-65-58-53(61(56(64)42-24-22-40(36-59)23-25-42)37-44-18-14-17-41-15-8-9-19-47(41)44)35-51(60-68-57(4,5)6)49-33-43(16-10-12-29-62)48(20-11-13-30-63)54(55(49)58)50-34-46(27-28-52(50)67-58)66-45-26-21-38(2)39(3)32-45/h7-9,14-15,17-19,21-28,32-34,43,48,53-55,62-63H,1,10-13,16,20,29-31,35,37H2,2-6H3. The molecule has 2 N–H and O–H groups in total. The predicted octanol–water partition coefficient (Wildman–Crippen LogP) is 11.9. The Morgan fingerprint density at radius 3 is 2.35 bits per heavy atom. The maximum atomic E-state index is 15.7. The van der Waals surface area contributed by atoms with Crippen LogP contribution in [0.1, 0.15) is 110 Å². The zero-order chi connectivity index (χ0) is 48.0. The summed E-state index contributed by atoms with van der Waals surface area (Å²) < 4.78 is 21.5. The summed E-state index contributed by atoms with van der Waals surface area (Å²) in [5.74, 6) is -0.347. The third kappa shape index (κ3) is 10.1. The van der Waals surface area contributed by atoms with Crippen LogP contribution in [0.3, 0.4) is 0 Å². The molecule has 0 spiro atoms. The molecule has 2 aliphatic carbocycles. The van der Waals surface area contributed by atoms with Crippen LogP contribution in [0, 0.1) is 42.9 Å². The quantitative estimate of drug-likeness (QED) is 0.0504. The highest BCUT2D eigenvalue weighted by molar-refractivity contribution is 6.03. The molecule has 0 saturated heterocycles. The minimum Gasteiger partial charge on any atom is -0.459 e. The van der Waals surface area contributed by atoms with Crippen LogP contribution < -0.4 is 9.47 Å². The molecule has 8 rings (SSSR count). The van der Waals surface area contributed by atoms with E-state index in [0.29, 0.717) is 41.2 Å². The summed E-state index contributed by atoms with van der Waals surface area (Å²) in [5, 5.41) is 37.0. The van der Waals surface area contributed by atoms with E-state index in [4.69, 9.17) is 24.2 Å². The van der Waals surface area contributed by atoms with Crippen LogP contribution in [-0.2, 0) is 16.1 Å². The second kappa shape index (κ2) is 20.9. The van der Waals surface area contributed by atoms with E-state index in [0.717, 1.165) is 64.5 Å². The predicted molar refractivity (Wildman–Crippen MR) is 267 cm³/mol. The van der Waals surface area contributed by atoms with E-state index < -0.39 is 23.3 Å². The summed E-state index contributed by atoms with van der Waals surface area (Å²) in [7, 11) is 0. The number of nitriles is 1. The molecule has 6 atom stereocenters. The number of oxime groups is 1. The van der Waals surface area contributed by atoms with Crippen LogP contribution in [0.15, 0.2) is 133 Å². The van der Waals surface area contributed by atoms with Gasteiger partial charge in [0.15, 0.2) is 0 Å². The zero-order valence-corrected chi connectivity index (χ0v) is 40.1. The van der Waals surface area contributed by atoms with Gasteiger partial charge in [0, 0.05) is 43.2 Å². The fourth-order valence-electron chi connectivity index (χ4n) is 10.6. The molecule has 5 aromatic rings. The van der Waals surface area contributed by atoms with Gasteiger partial charge in [-0.15, -0.1) is 6.58 Å². The van der Waals surface area contributed by atoms with Crippen LogP contribution in [0.4, 0.5) is 0 Å². The van der Waals surface area contributed by atoms with Gasteiger partial charge in [-0.05, 0) is 160 Å². The van der Waals surface area contributed by atoms with E-state index in [2.05, 4.69) is 75.0 Å². The Balaban J connectivity index is 1.39. The minimum atomic E-state index is -1.48. The number of hydrogen-bond donors (Lipinski definition) is 2. The fourth-order valence-corrected chi connectivity index (χ4v) is 10.6. The number of amides is 1. The van der Waals surface area contributed by atoms with Crippen molar-refractivity contribution in [1.29, 1.82) is 5.26 Å². The topological polar surface area (TPSA) is 134 Å². The lowest BCUT2D eigenvalue weighted by Crippen LogP contribution is -2.70. The molecule has 5 aromatic carbocycles. The third-order valence-electron chi connectivity index (χ3n) is 13.9. The van der Waals surface area contributed by atoms with Crippen molar-refractivity contribution < 1.29 is 34.1 Å². The SMILES string of the molecule is C=CCOC12Oc3ccc(Oc4ccc(C)c(C)c4)cc3C3C(CCCCO)C(CCCCO)C=C(C(=NOC(C)(C)C)CC1N(Cc1cccc4ccccc14)C(=O)c1ccc(C#N)cc1)C32. The Bertz CT molecular complexity index is 2710. The van der Waals surface area contributed by atoms with Gasteiger partial charge >= 0.3 is 0 Å². The summed E-state index contributed by atoms with van der Waals surface area (Å²) in [6.45, 7) is 14.7. The average Bonchev–Trinajstić information content (AvgIpc) is 3.34. The van der Waals surface area contributed by atoms with Crippen molar-refractivity contribution in [3.63, 3.8) is 0 Å². The summed E-state index contributed by atoms with van der Waals surface area (Å²) in [6, 6.07) is 34.7. The summed E-state index contributed by atoms with van der Waals surface area (Å²) in [5.41, 5.74) is 6.14. The molecule has 6 unspecified atom stereocenters. The number of aliphatic hydroxyl groups excluding tert-OH is 2. The van der Waals surface area contributed by atoms with Gasteiger partial charge in [-0.25, -0.2) is 0 Å². The van der Waals surface area contributed by atoms with Gasteiger partial charge in [-0.1, -0.05) is 78.7 Å². The zero-order valence-electron chi connectivity index (χ0n) is 40.1. The molecule has 10 heteroatoms. The van der Waals surface area contributed by atoms with Crippen LogP contribution in [0.25, 0.3) is 10.8 Å². The maximum Gasteiger partial charge on any atom is 0.254 e. The van der Waals surface area contributed by atoms with Gasteiger partial charge < -0.3 is 34.2 Å². The first kappa shape index (κ1) is 48.2. The second-order valence-corrected chi connectivity index (χ2v) is 19.6. The first-order valence-electron chi connectivity index (χ1n) is 24.2. The molecule has 1 aliphatic heterocycles. The number of nitrogens with zero attached hydrogens (tertiary/aromatic N) is 3. The van der Waals surface area contributed by atoms with E-state index in [-0.39, 0.29) is 56.4 Å². The average molecular weight is 916 g/mol. The Morgan fingerprint density at radius 2 is 1.63 bits per heavy atom. The van der Waals surface area contributed by atoms with Crippen molar-refractivity contribution >= 4 is 22.4 Å². The highest BCUT2D eigenvalue weighted by atomic mass is 16.7. The third-order valence-corrected chi connectivity index (χ3v) is 13.9. The Morgan fingerprint density at radius 1 is 0.912 bits per heavy atom. The van der Waals surface area contributed by atoms with Crippen molar-refractivity contribution in [2.24, 2.45) is 22.9 Å². The molecule has 1 fully saturated rings. The fraction of sp³-hybridized carbons (Fsp3) is 0.397. The largest absolute Gasteiger partial charge is 0.459 e. The van der Waals surface area contributed by atoms with E-state index in [1.165, 1.54) is 5.56 Å². The molecule has 1 saturated carbocycles. The van der Waals surface area contributed by atoms with E-state index in [1.807, 2.05) is 62.1 Å². The van der Waals surface area contributed by atoms with Crippen molar-refractivity contribution in [2.45, 2.75) is 109 Å². The molecule has 68 heavy (non-hydrogen) atoms. The molecule has 0 aromatic heterocycles. The molecule has 0 radical (unpaired) electrons. The number of unbranched alkanes of at least 4 members (excludes halogenated alkanes) is 2. The number of aryl methyl sites for hydroxylation is 2. The number of aliphatic hydroxyl groups is 2. The summed E-state index contributed by atoms with van der Waals surface area (Å²) in [6.07, 6.45) is 8.89. The number of ether oxygens (including phenoxy) is 3.